The molecule has 136 valence electrons. The fraction of sp³-hybridized carbons (Fsp3) is 0.556. The van der Waals surface area contributed by atoms with Crippen LogP contribution in [-0.4, -0.2) is 40.7 Å². The van der Waals surface area contributed by atoms with Gasteiger partial charge in [-0.2, -0.15) is 4.98 Å². The Labute approximate surface area is 149 Å². The van der Waals surface area contributed by atoms with E-state index in [1.807, 2.05) is 18.2 Å². The largest absolute Gasteiger partial charge is 0.357 e. The van der Waals surface area contributed by atoms with E-state index in [4.69, 9.17) is 4.52 Å². The molecule has 0 atom stereocenters. The summed E-state index contributed by atoms with van der Waals surface area (Å²) in [5, 5.41) is 10.6. The van der Waals surface area contributed by atoms with Crippen LogP contribution in [0.4, 0.5) is 0 Å². The molecule has 2 rings (SSSR count). The zero-order chi connectivity index (χ0) is 17.9. The van der Waals surface area contributed by atoms with Gasteiger partial charge < -0.3 is 15.2 Å². The molecule has 2 N–H and O–H groups in total. The van der Waals surface area contributed by atoms with Gasteiger partial charge in [0.15, 0.2) is 11.8 Å². The molecular weight excluding hydrogens is 316 g/mol. The van der Waals surface area contributed by atoms with Crippen LogP contribution in [-0.2, 0) is 6.42 Å². The minimum absolute atomic E-state index is 0.449. The normalized spacial score (nSPS) is 11.8. The molecule has 0 saturated heterocycles. The molecule has 0 amide bonds. The molecule has 0 aliphatic carbocycles. The Morgan fingerprint density at radius 3 is 2.72 bits per heavy atom. The van der Waals surface area contributed by atoms with Crippen molar-refractivity contribution in [1.82, 2.24) is 25.8 Å². The maximum atomic E-state index is 5.27. The molecule has 0 aliphatic heterocycles. The molecule has 0 bridgehead atoms. The molecule has 7 heteroatoms. The molecule has 2 aromatic heterocycles. The van der Waals surface area contributed by atoms with Gasteiger partial charge in [-0.25, -0.2) is 0 Å². The molecule has 0 fully saturated rings. The van der Waals surface area contributed by atoms with E-state index in [1.54, 1.807) is 6.20 Å². The van der Waals surface area contributed by atoms with Crippen LogP contribution in [0.25, 0.3) is 11.6 Å². The highest BCUT2D eigenvalue weighted by molar-refractivity contribution is 5.79. The molecule has 2 aromatic rings. The van der Waals surface area contributed by atoms with E-state index >= 15 is 0 Å². The SMILES string of the molecule is CCNC(=NCC(CC)CC)NCCc1noc(-c2ccccn2)n1. The van der Waals surface area contributed by atoms with E-state index in [-0.39, 0.29) is 0 Å². The van der Waals surface area contributed by atoms with Crippen LogP contribution in [0.2, 0.25) is 0 Å². The van der Waals surface area contributed by atoms with E-state index in [2.05, 4.69) is 51.5 Å². The number of rotatable bonds is 9. The zero-order valence-electron chi connectivity index (χ0n) is 15.3. The average Bonchev–Trinajstić information content (AvgIpc) is 3.12. The van der Waals surface area contributed by atoms with Gasteiger partial charge >= 0.3 is 0 Å². The van der Waals surface area contributed by atoms with Crippen LogP contribution in [0.5, 0.6) is 0 Å². The predicted octanol–water partition coefficient (Wildman–Crippen LogP) is 2.67. The summed E-state index contributed by atoms with van der Waals surface area (Å²) in [7, 11) is 0. The number of aromatic nitrogens is 3. The molecule has 25 heavy (non-hydrogen) atoms. The smallest absolute Gasteiger partial charge is 0.276 e. The molecular formula is C18H28N6O. The highest BCUT2D eigenvalue weighted by Crippen LogP contribution is 2.13. The number of hydrogen-bond donors (Lipinski definition) is 2. The Bertz CT molecular complexity index is 636. The molecule has 7 nitrogen and oxygen atoms in total. The third kappa shape index (κ3) is 6.17. The van der Waals surface area contributed by atoms with Crippen molar-refractivity contribution in [3.8, 4) is 11.6 Å². The topological polar surface area (TPSA) is 88.2 Å². The summed E-state index contributed by atoms with van der Waals surface area (Å²) in [5.41, 5.74) is 0.689. The molecule has 0 radical (unpaired) electrons. The fourth-order valence-electron chi connectivity index (χ4n) is 2.35. The van der Waals surface area contributed by atoms with Gasteiger partial charge in [-0.05, 0) is 25.0 Å². The highest BCUT2D eigenvalue weighted by Gasteiger charge is 2.09. The van der Waals surface area contributed by atoms with Crippen LogP contribution in [0.3, 0.4) is 0 Å². The lowest BCUT2D eigenvalue weighted by Crippen LogP contribution is -2.38. The molecule has 0 spiro atoms. The average molecular weight is 344 g/mol. The van der Waals surface area contributed by atoms with Gasteiger partial charge in [-0.15, -0.1) is 0 Å². The van der Waals surface area contributed by atoms with Crippen LogP contribution < -0.4 is 10.6 Å². The van der Waals surface area contributed by atoms with Gasteiger partial charge in [0.05, 0.1) is 0 Å². The van der Waals surface area contributed by atoms with E-state index in [1.165, 1.54) is 0 Å². The second-order valence-corrected chi connectivity index (χ2v) is 5.81. The van der Waals surface area contributed by atoms with Crippen molar-refractivity contribution in [3.05, 3.63) is 30.2 Å². The van der Waals surface area contributed by atoms with Gasteiger partial charge in [-0.3, -0.25) is 9.98 Å². The standard InChI is InChI=1S/C18H28N6O/c1-4-14(5-2)13-22-18(19-6-3)21-12-10-16-23-17(25-24-16)15-9-7-8-11-20-15/h7-9,11,14H,4-6,10,12-13H2,1-3H3,(H2,19,21,22). The van der Waals surface area contributed by atoms with E-state index in [0.29, 0.717) is 36.3 Å². The maximum Gasteiger partial charge on any atom is 0.276 e. The van der Waals surface area contributed by atoms with Crippen molar-refractivity contribution in [2.45, 2.75) is 40.0 Å². The zero-order valence-corrected chi connectivity index (χ0v) is 15.3. The number of hydrogen-bond acceptors (Lipinski definition) is 5. The summed E-state index contributed by atoms with van der Waals surface area (Å²) in [4.78, 5) is 13.3. The van der Waals surface area contributed by atoms with Crippen LogP contribution in [0, 0.1) is 5.92 Å². The quantitative estimate of drug-likeness (QED) is 0.537. The Morgan fingerprint density at radius 2 is 2.04 bits per heavy atom. The summed E-state index contributed by atoms with van der Waals surface area (Å²) in [6, 6.07) is 5.60. The Balaban J connectivity index is 1.85. The van der Waals surface area contributed by atoms with E-state index in [0.717, 1.165) is 31.9 Å². The molecule has 0 aromatic carbocycles. The van der Waals surface area contributed by atoms with Gasteiger partial charge in [0.25, 0.3) is 5.89 Å². The number of nitrogens with one attached hydrogen (secondary N) is 2. The maximum absolute atomic E-state index is 5.27. The first-order chi connectivity index (χ1) is 12.3. The van der Waals surface area contributed by atoms with Crippen molar-refractivity contribution < 1.29 is 4.52 Å². The Morgan fingerprint density at radius 1 is 1.20 bits per heavy atom. The summed E-state index contributed by atoms with van der Waals surface area (Å²) in [6.07, 6.45) is 4.67. The number of nitrogens with zero attached hydrogens (tertiary/aromatic N) is 4. The summed E-state index contributed by atoms with van der Waals surface area (Å²) in [5.74, 6) is 2.57. The summed E-state index contributed by atoms with van der Waals surface area (Å²) < 4.78 is 5.27. The lowest BCUT2D eigenvalue weighted by atomic mass is 10.0. The number of aliphatic imine (C=N–C) groups is 1. The van der Waals surface area contributed by atoms with Crippen molar-refractivity contribution in [1.29, 1.82) is 0 Å². The van der Waals surface area contributed by atoms with Crippen molar-refractivity contribution in [3.63, 3.8) is 0 Å². The first-order valence-corrected chi connectivity index (χ1v) is 9.02. The van der Waals surface area contributed by atoms with Gasteiger partial charge in [0.1, 0.15) is 5.69 Å². The Kier molecular flexibility index (Phi) is 7.88. The molecule has 0 saturated carbocycles. The molecule has 2 heterocycles. The van der Waals surface area contributed by atoms with E-state index in [9.17, 15) is 0 Å². The third-order valence-electron chi connectivity index (χ3n) is 4.00. The summed E-state index contributed by atoms with van der Waals surface area (Å²) in [6.45, 7) is 8.84. The number of pyridine rings is 1. The lowest BCUT2D eigenvalue weighted by molar-refractivity contribution is 0.421. The van der Waals surface area contributed by atoms with Gasteiger partial charge in [0.2, 0.25) is 0 Å². The molecule has 0 aliphatic rings. The lowest BCUT2D eigenvalue weighted by Gasteiger charge is -2.13. The van der Waals surface area contributed by atoms with Crippen LogP contribution >= 0.6 is 0 Å². The highest BCUT2D eigenvalue weighted by atomic mass is 16.5. The Hall–Kier alpha value is -2.44. The second-order valence-electron chi connectivity index (χ2n) is 5.81. The van der Waals surface area contributed by atoms with Crippen LogP contribution in [0.15, 0.2) is 33.9 Å². The summed E-state index contributed by atoms with van der Waals surface area (Å²) >= 11 is 0. The second kappa shape index (κ2) is 10.4. The monoisotopic (exact) mass is 344 g/mol. The minimum atomic E-state index is 0.449. The fourth-order valence-corrected chi connectivity index (χ4v) is 2.35. The van der Waals surface area contributed by atoms with Crippen LogP contribution in [0.1, 0.15) is 39.4 Å². The third-order valence-corrected chi connectivity index (χ3v) is 4.00. The van der Waals surface area contributed by atoms with Crippen molar-refractivity contribution in [2.24, 2.45) is 10.9 Å². The van der Waals surface area contributed by atoms with Gasteiger partial charge in [-0.1, -0.05) is 37.9 Å². The minimum Gasteiger partial charge on any atom is -0.357 e. The van der Waals surface area contributed by atoms with E-state index < -0.39 is 0 Å². The van der Waals surface area contributed by atoms with Crippen molar-refractivity contribution in [2.75, 3.05) is 19.6 Å². The molecule has 0 unspecified atom stereocenters. The predicted molar refractivity (Wildman–Crippen MR) is 99.3 cm³/mol. The number of guanidine groups is 1. The van der Waals surface area contributed by atoms with Gasteiger partial charge in [0, 0.05) is 32.3 Å². The first-order valence-electron chi connectivity index (χ1n) is 9.02. The van der Waals surface area contributed by atoms with Crippen molar-refractivity contribution >= 4 is 5.96 Å². The first kappa shape index (κ1) is 18.9.